The molecule has 0 radical (unpaired) electrons. The van der Waals surface area contributed by atoms with Gasteiger partial charge >= 0.3 is 5.97 Å². The first-order chi connectivity index (χ1) is 10.4. The van der Waals surface area contributed by atoms with Crippen LogP contribution in [0.4, 0.5) is 11.4 Å². The number of nitrogens with one attached hydrogen (secondary N) is 1. The lowest BCUT2D eigenvalue weighted by atomic mass is 10.0. The first kappa shape index (κ1) is 15.6. The first-order valence-electron chi connectivity index (χ1n) is 5.86. The van der Waals surface area contributed by atoms with Crippen LogP contribution in [0.2, 0.25) is 0 Å². The van der Waals surface area contributed by atoms with Gasteiger partial charge in [-0.1, -0.05) is 18.2 Å². The highest BCUT2D eigenvalue weighted by molar-refractivity contribution is 7.80. The molecule has 0 saturated heterocycles. The largest absolute Gasteiger partial charge is 0.755 e. The third kappa shape index (κ3) is 3.45. The van der Waals surface area contributed by atoms with Crippen molar-refractivity contribution in [1.29, 1.82) is 0 Å². The minimum atomic E-state index is -2.44. The summed E-state index contributed by atoms with van der Waals surface area (Å²) in [6.45, 7) is 0. The van der Waals surface area contributed by atoms with Crippen molar-refractivity contribution in [3.05, 3.63) is 58.1 Å². The zero-order valence-electron chi connectivity index (χ0n) is 10.9. The Morgan fingerprint density at radius 3 is 2.23 bits per heavy atom. The van der Waals surface area contributed by atoms with Crippen LogP contribution in [0.1, 0.15) is 10.4 Å². The Morgan fingerprint density at radius 1 is 1.14 bits per heavy atom. The molecule has 0 fully saturated rings. The van der Waals surface area contributed by atoms with Crippen LogP contribution in [0.15, 0.2) is 42.5 Å². The van der Waals surface area contributed by atoms with E-state index in [2.05, 4.69) is 4.72 Å². The Labute approximate surface area is 127 Å². The van der Waals surface area contributed by atoms with Crippen LogP contribution in [0, 0.1) is 10.1 Å². The number of carboxylic acids is 1. The van der Waals surface area contributed by atoms with Crippen molar-refractivity contribution in [3.8, 4) is 11.1 Å². The molecule has 0 aliphatic heterocycles. The molecular weight excluding hydrogens is 312 g/mol. The van der Waals surface area contributed by atoms with E-state index in [1.54, 1.807) is 12.1 Å². The predicted molar refractivity (Wildman–Crippen MR) is 78.0 cm³/mol. The van der Waals surface area contributed by atoms with E-state index in [0.717, 1.165) is 12.1 Å². The van der Waals surface area contributed by atoms with Crippen LogP contribution in [-0.4, -0.2) is 24.8 Å². The van der Waals surface area contributed by atoms with Gasteiger partial charge in [-0.2, -0.15) is 0 Å². The lowest BCUT2D eigenvalue weighted by molar-refractivity contribution is -0.385. The van der Waals surface area contributed by atoms with E-state index in [1.165, 1.54) is 18.2 Å². The number of benzene rings is 2. The zero-order chi connectivity index (χ0) is 16.3. The molecule has 1 unspecified atom stereocenters. The quantitative estimate of drug-likeness (QED) is 0.492. The molecule has 22 heavy (non-hydrogen) atoms. The number of nitrogens with zero attached hydrogens (tertiary/aromatic N) is 1. The average Bonchev–Trinajstić information content (AvgIpc) is 2.46. The number of anilines is 1. The highest BCUT2D eigenvalue weighted by atomic mass is 32.2. The molecule has 1 atom stereocenters. The molecule has 0 heterocycles. The van der Waals surface area contributed by atoms with Crippen molar-refractivity contribution in [1.82, 2.24) is 0 Å². The second-order valence-corrected chi connectivity index (χ2v) is 4.88. The number of carboxylic acid groups (broad SMARTS) is 1. The second-order valence-electron chi connectivity index (χ2n) is 4.21. The molecule has 2 N–H and O–H groups in total. The molecule has 0 spiro atoms. The van der Waals surface area contributed by atoms with E-state index in [4.69, 9.17) is 5.11 Å². The van der Waals surface area contributed by atoms with Gasteiger partial charge < -0.3 is 14.4 Å². The van der Waals surface area contributed by atoms with Gasteiger partial charge in [-0.05, 0) is 29.3 Å². The minimum absolute atomic E-state index is 0.341. The molecule has 0 aromatic heterocycles. The number of nitro groups is 1. The van der Waals surface area contributed by atoms with Crippen molar-refractivity contribution in [3.63, 3.8) is 0 Å². The van der Waals surface area contributed by atoms with Gasteiger partial charge in [0.05, 0.1) is 4.92 Å². The first-order valence-corrected chi connectivity index (χ1v) is 6.94. The standard InChI is InChI=1S/C13H10N2O6S/c16-13(17)11-6-3-9(7-12(11)15(18)19)8-1-4-10(5-2-8)14-22(20)21/h1-7,14H,(H,16,17)(H,20,21)/p-1. The number of hydrogen-bond acceptors (Lipinski definition) is 5. The molecule has 0 aliphatic carbocycles. The van der Waals surface area contributed by atoms with Gasteiger partial charge in [-0.15, -0.1) is 0 Å². The molecule has 2 aromatic carbocycles. The van der Waals surface area contributed by atoms with Crippen LogP contribution in [0.5, 0.6) is 0 Å². The van der Waals surface area contributed by atoms with E-state index >= 15 is 0 Å². The Kier molecular flexibility index (Phi) is 4.49. The number of rotatable bonds is 5. The van der Waals surface area contributed by atoms with Crippen LogP contribution < -0.4 is 4.72 Å². The number of aromatic carboxylic acids is 1. The summed E-state index contributed by atoms with van der Waals surface area (Å²) in [6.07, 6.45) is 0. The van der Waals surface area contributed by atoms with Gasteiger partial charge in [0.25, 0.3) is 5.69 Å². The van der Waals surface area contributed by atoms with Crippen LogP contribution in [-0.2, 0) is 11.3 Å². The summed E-state index contributed by atoms with van der Waals surface area (Å²) in [5.74, 6) is -1.38. The lowest BCUT2D eigenvalue weighted by Crippen LogP contribution is -2.03. The maximum absolute atomic E-state index is 11.0. The Morgan fingerprint density at radius 2 is 1.73 bits per heavy atom. The van der Waals surface area contributed by atoms with Gasteiger partial charge in [0.2, 0.25) is 0 Å². The van der Waals surface area contributed by atoms with E-state index < -0.39 is 33.4 Å². The molecule has 8 nitrogen and oxygen atoms in total. The summed E-state index contributed by atoms with van der Waals surface area (Å²) < 4.78 is 23.2. The number of carbonyl (C=O) groups is 1. The fourth-order valence-electron chi connectivity index (χ4n) is 1.87. The van der Waals surface area contributed by atoms with Gasteiger partial charge in [0, 0.05) is 23.0 Å². The third-order valence-electron chi connectivity index (χ3n) is 2.84. The van der Waals surface area contributed by atoms with Crippen LogP contribution >= 0.6 is 0 Å². The van der Waals surface area contributed by atoms with E-state index in [-0.39, 0.29) is 0 Å². The number of hydrogen-bond donors (Lipinski definition) is 2. The lowest BCUT2D eigenvalue weighted by Gasteiger charge is -2.09. The SMILES string of the molecule is O=C(O)c1ccc(-c2ccc(NS(=O)[O-])cc2)cc1[N+](=O)[O-]. The summed E-state index contributed by atoms with van der Waals surface area (Å²) in [5, 5.41) is 19.9. The topological polar surface area (TPSA) is 133 Å². The van der Waals surface area contributed by atoms with E-state index in [0.29, 0.717) is 16.8 Å². The summed E-state index contributed by atoms with van der Waals surface area (Å²) in [7, 11) is 0. The van der Waals surface area contributed by atoms with Gasteiger partial charge in [-0.25, -0.2) is 4.79 Å². The monoisotopic (exact) mass is 321 g/mol. The summed E-state index contributed by atoms with van der Waals surface area (Å²) in [4.78, 5) is 21.1. The van der Waals surface area contributed by atoms with Gasteiger partial charge in [-0.3, -0.25) is 14.3 Å². The van der Waals surface area contributed by atoms with Crippen molar-refractivity contribution in [2.75, 3.05) is 4.72 Å². The average molecular weight is 321 g/mol. The predicted octanol–water partition coefficient (Wildman–Crippen LogP) is 2.17. The third-order valence-corrected chi connectivity index (χ3v) is 3.25. The fraction of sp³-hybridized carbons (Fsp3) is 0. The maximum atomic E-state index is 11.0. The normalized spacial score (nSPS) is 11.7. The van der Waals surface area contributed by atoms with Crippen LogP contribution in [0.25, 0.3) is 11.1 Å². The molecule has 9 heteroatoms. The smallest absolute Gasteiger partial charge is 0.342 e. The van der Waals surface area contributed by atoms with E-state index in [1.807, 2.05) is 0 Å². The Bertz CT molecular complexity index is 760. The molecule has 114 valence electrons. The molecule has 0 aliphatic rings. The molecular formula is C13H9N2O6S-. The number of nitro benzene ring substituents is 1. The second kappa shape index (κ2) is 6.33. The molecule has 0 saturated carbocycles. The fourth-order valence-corrected chi connectivity index (χ4v) is 2.20. The van der Waals surface area contributed by atoms with E-state index in [9.17, 15) is 23.7 Å². The highest BCUT2D eigenvalue weighted by Gasteiger charge is 2.20. The maximum Gasteiger partial charge on any atom is 0.342 e. The molecule has 0 amide bonds. The Hall–Kier alpha value is -2.78. The van der Waals surface area contributed by atoms with Crippen molar-refractivity contribution in [2.45, 2.75) is 0 Å². The van der Waals surface area contributed by atoms with Crippen molar-refractivity contribution < 1.29 is 23.6 Å². The summed E-state index contributed by atoms with van der Waals surface area (Å²) in [5.41, 5.74) is 0.476. The van der Waals surface area contributed by atoms with Crippen molar-refractivity contribution >= 4 is 28.6 Å². The molecule has 2 aromatic rings. The highest BCUT2D eigenvalue weighted by Crippen LogP contribution is 2.28. The summed E-state index contributed by atoms with van der Waals surface area (Å²) in [6, 6.07) is 9.88. The summed E-state index contributed by atoms with van der Waals surface area (Å²) >= 11 is -2.44. The van der Waals surface area contributed by atoms with Crippen molar-refractivity contribution in [2.24, 2.45) is 0 Å². The zero-order valence-corrected chi connectivity index (χ0v) is 11.7. The molecule has 0 bridgehead atoms. The minimum Gasteiger partial charge on any atom is -0.755 e. The van der Waals surface area contributed by atoms with Crippen LogP contribution in [0.3, 0.4) is 0 Å². The van der Waals surface area contributed by atoms with Gasteiger partial charge in [0.15, 0.2) is 0 Å². The van der Waals surface area contributed by atoms with Gasteiger partial charge in [0.1, 0.15) is 5.56 Å². The molecule has 2 rings (SSSR count). The Balaban J connectivity index is 2.40.